The number of aromatic nitrogens is 1. The van der Waals surface area contributed by atoms with E-state index in [0.717, 1.165) is 12.1 Å². The van der Waals surface area contributed by atoms with Gasteiger partial charge in [0.05, 0.1) is 0 Å². The van der Waals surface area contributed by atoms with Gasteiger partial charge in [-0.3, -0.25) is 4.79 Å². The Bertz CT molecular complexity index is 1040. The number of hydrogen-bond donors (Lipinski definition) is 1. The fraction of sp³-hybridized carbons (Fsp3) is 0.368. The number of sulfonamides is 1. The van der Waals surface area contributed by atoms with Gasteiger partial charge in [0.15, 0.2) is 10.7 Å². The first-order chi connectivity index (χ1) is 13.7. The van der Waals surface area contributed by atoms with Gasteiger partial charge >= 0.3 is 0 Å². The van der Waals surface area contributed by atoms with Gasteiger partial charge in [0.1, 0.15) is 17.3 Å². The van der Waals surface area contributed by atoms with E-state index in [1.165, 1.54) is 29.4 Å². The molecule has 0 bridgehead atoms. The van der Waals surface area contributed by atoms with Crippen LogP contribution in [0.2, 0.25) is 0 Å². The molecule has 0 radical (unpaired) electrons. The molecule has 0 atom stereocenters. The molecule has 0 unspecified atom stereocenters. The predicted molar refractivity (Wildman–Crippen MR) is 102 cm³/mol. The Labute approximate surface area is 167 Å². The minimum absolute atomic E-state index is 0.0420. The quantitative estimate of drug-likeness (QED) is 0.795. The molecule has 0 saturated carbocycles. The summed E-state index contributed by atoms with van der Waals surface area (Å²) in [4.78, 5) is 11.7. The van der Waals surface area contributed by atoms with Crippen LogP contribution in [0.15, 0.2) is 27.6 Å². The van der Waals surface area contributed by atoms with E-state index in [2.05, 4.69) is 10.5 Å². The second-order valence-corrected chi connectivity index (χ2v) is 8.63. The van der Waals surface area contributed by atoms with Crippen LogP contribution in [0.5, 0.6) is 0 Å². The van der Waals surface area contributed by atoms with Gasteiger partial charge in [0.2, 0.25) is 15.9 Å². The summed E-state index contributed by atoms with van der Waals surface area (Å²) in [6.07, 6.45) is 3.41. The maximum Gasteiger partial charge on any atom is 0.248 e. The molecule has 1 aliphatic rings. The van der Waals surface area contributed by atoms with Crippen molar-refractivity contribution in [3.63, 3.8) is 0 Å². The molecule has 1 aromatic heterocycles. The third-order valence-electron chi connectivity index (χ3n) is 4.88. The Hall–Kier alpha value is -2.59. The van der Waals surface area contributed by atoms with E-state index >= 15 is 0 Å². The van der Waals surface area contributed by atoms with Crippen molar-refractivity contribution in [3.05, 3.63) is 46.9 Å². The number of carbonyl (C=O) groups is 1. The van der Waals surface area contributed by atoms with Gasteiger partial charge in [-0.1, -0.05) is 5.16 Å². The first-order valence-corrected chi connectivity index (χ1v) is 10.5. The maximum absolute atomic E-state index is 13.8. The molecular weight excluding hydrogens is 404 g/mol. The van der Waals surface area contributed by atoms with Crippen LogP contribution in [0.3, 0.4) is 0 Å². The van der Waals surface area contributed by atoms with Gasteiger partial charge in [-0.2, -0.15) is 4.31 Å². The summed E-state index contributed by atoms with van der Waals surface area (Å²) in [6.45, 7) is 1.89. The zero-order chi connectivity index (χ0) is 21.2. The maximum atomic E-state index is 13.8. The van der Waals surface area contributed by atoms with Crippen molar-refractivity contribution >= 4 is 28.1 Å². The second-order valence-electron chi connectivity index (χ2n) is 6.75. The Morgan fingerprint density at radius 1 is 1.28 bits per heavy atom. The minimum Gasteiger partial charge on any atom is -0.359 e. The summed E-state index contributed by atoms with van der Waals surface area (Å²) in [5.41, 5.74) is 0.257. The van der Waals surface area contributed by atoms with Gasteiger partial charge in [0.25, 0.3) is 0 Å². The Balaban J connectivity index is 1.85. The lowest BCUT2D eigenvalue weighted by Gasteiger charge is -2.30. The summed E-state index contributed by atoms with van der Waals surface area (Å²) in [6, 6.07) is 3.07. The zero-order valence-electron chi connectivity index (χ0n) is 16.0. The smallest absolute Gasteiger partial charge is 0.248 e. The van der Waals surface area contributed by atoms with Crippen LogP contribution < -0.4 is 5.32 Å². The van der Waals surface area contributed by atoms with Gasteiger partial charge in [0, 0.05) is 37.7 Å². The van der Waals surface area contributed by atoms with E-state index in [-0.39, 0.29) is 46.8 Å². The molecule has 1 fully saturated rings. The van der Waals surface area contributed by atoms with Crippen molar-refractivity contribution in [2.75, 3.05) is 20.1 Å². The molecule has 1 saturated heterocycles. The largest absolute Gasteiger partial charge is 0.359 e. The molecule has 2 heterocycles. The van der Waals surface area contributed by atoms with E-state index in [4.69, 9.17) is 4.52 Å². The fourth-order valence-corrected chi connectivity index (χ4v) is 5.01. The molecule has 0 aliphatic carbocycles. The topological polar surface area (TPSA) is 92.5 Å². The van der Waals surface area contributed by atoms with Crippen LogP contribution in [-0.4, -0.2) is 43.9 Å². The van der Waals surface area contributed by atoms with Crippen molar-refractivity contribution in [1.82, 2.24) is 14.8 Å². The summed E-state index contributed by atoms with van der Waals surface area (Å²) in [7, 11) is -2.37. The number of hydrogen-bond acceptors (Lipinski definition) is 5. The molecule has 29 heavy (non-hydrogen) atoms. The van der Waals surface area contributed by atoms with E-state index in [1.54, 1.807) is 7.05 Å². The normalized spacial score (nSPS) is 16.4. The summed E-state index contributed by atoms with van der Waals surface area (Å²) < 4.78 is 59.5. The van der Waals surface area contributed by atoms with Crippen LogP contribution in [-0.2, 0) is 14.8 Å². The molecule has 3 rings (SSSR count). The van der Waals surface area contributed by atoms with Crippen LogP contribution >= 0.6 is 0 Å². The molecule has 1 aliphatic heterocycles. The van der Waals surface area contributed by atoms with Crippen molar-refractivity contribution in [2.24, 2.45) is 5.92 Å². The lowest BCUT2D eigenvalue weighted by atomic mass is 9.97. The van der Waals surface area contributed by atoms with Crippen molar-refractivity contribution in [3.8, 4) is 0 Å². The lowest BCUT2D eigenvalue weighted by molar-refractivity contribution is -0.125. The average Bonchev–Trinajstić information content (AvgIpc) is 3.08. The Kier molecular flexibility index (Phi) is 6.13. The molecular formula is C19H21F2N3O4S. The van der Waals surface area contributed by atoms with Crippen LogP contribution in [0.1, 0.15) is 29.9 Å². The lowest BCUT2D eigenvalue weighted by Crippen LogP contribution is -2.42. The first kappa shape index (κ1) is 21.1. The number of piperidine rings is 1. The third kappa shape index (κ3) is 4.38. The number of rotatable bonds is 5. The third-order valence-corrected chi connectivity index (χ3v) is 6.94. The second kappa shape index (κ2) is 8.42. The minimum atomic E-state index is -3.92. The molecule has 1 amide bonds. The number of benzene rings is 1. The predicted octanol–water partition coefficient (Wildman–Crippen LogP) is 2.58. The van der Waals surface area contributed by atoms with E-state index in [1.807, 2.05) is 0 Å². The van der Waals surface area contributed by atoms with Crippen molar-refractivity contribution in [1.29, 1.82) is 0 Å². The molecule has 156 valence electrons. The number of carbonyl (C=O) groups excluding carboxylic acids is 1. The monoisotopic (exact) mass is 425 g/mol. The SMILES string of the molecule is CNC(=O)C1CCN(S(=O)(=O)c2c(C)noc2/C=C/c2ccc(F)cc2F)CC1. The first-order valence-electron chi connectivity index (χ1n) is 9.05. The highest BCUT2D eigenvalue weighted by Gasteiger charge is 2.35. The van der Waals surface area contributed by atoms with Gasteiger partial charge in [-0.25, -0.2) is 17.2 Å². The molecule has 10 heteroatoms. The highest BCUT2D eigenvalue weighted by molar-refractivity contribution is 7.89. The number of aryl methyl sites for hydroxylation is 1. The number of amides is 1. The molecule has 7 nitrogen and oxygen atoms in total. The summed E-state index contributed by atoms with van der Waals surface area (Å²) in [5, 5.41) is 6.31. The van der Waals surface area contributed by atoms with Crippen LogP contribution in [0, 0.1) is 24.5 Å². The van der Waals surface area contributed by atoms with Crippen LogP contribution in [0.25, 0.3) is 12.2 Å². The van der Waals surface area contributed by atoms with E-state index < -0.39 is 21.7 Å². The Morgan fingerprint density at radius 3 is 2.59 bits per heavy atom. The number of nitrogens with one attached hydrogen (secondary N) is 1. The standard InChI is InChI=1S/C19H21F2N3O4S/c1-12-18(29(26,27)24-9-7-14(8-10-24)19(25)22-2)17(28-23-12)6-4-13-3-5-15(20)11-16(13)21/h3-6,11,14H,7-10H2,1-2H3,(H,22,25)/b6-4+. The molecule has 0 spiro atoms. The van der Waals surface area contributed by atoms with Crippen molar-refractivity contribution < 1.29 is 26.5 Å². The molecule has 2 aromatic rings. The summed E-state index contributed by atoms with van der Waals surface area (Å²) >= 11 is 0. The van der Waals surface area contributed by atoms with E-state index in [9.17, 15) is 22.0 Å². The van der Waals surface area contributed by atoms with Gasteiger partial charge < -0.3 is 9.84 Å². The van der Waals surface area contributed by atoms with Gasteiger partial charge in [-0.15, -0.1) is 0 Å². The highest BCUT2D eigenvalue weighted by Crippen LogP contribution is 2.29. The Morgan fingerprint density at radius 2 is 1.97 bits per heavy atom. The summed E-state index contributed by atoms with van der Waals surface area (Å²) in [5.74, 6) is -1.86. The zero-order valence-corrected chi connectivity index (χ0v) is 16.8. The van der Waals surface area contributed by atoms with Crippen molar-refractivity contribution in [2.45, 2.75) is 24.7 Å². The average molecular weight is 425 g/mol. The molecule has 1 N–H and O–H groups in total. The van der Waals surface area contributed by atoms with E-state index in [0.29, 0.717) is 12.8 Å². The van der Waals surface area contributed by atoms with Gasteiger partial charge in [-0.05, 0) is 44.1 Å². The fourth-order valence-electron chi connectivity index (χ4n) is 3.29. The number of nitrogens with zero attached hydrogens (tertiary/aromatic N) is 2. The molecule has 1 aromatic carbocycles. The number of halogens is 2. The highest BCUT2D eigenvalue weighted by atomic mass is 32.2. The van der Waals surface area contributed by atoms with Crippen LogP contribution in [0.4, 0.5) is 8.78 Å².